The van der Waals surface area contributed by atoms with Gasteiger partial charge in [-0.15, -0.1) is 0 Å². The average molecular weight is 248 g/mol. The molecule has 1 aliphatic rings. The van der Waals surface area contributed by atoms with E-state index < -0.39 is 27.7 Å². The van der Waals surface area contributed by atoms with E-state index in [9.17, 15) is 21.6 Å². The van der Waals surface area contributed by atoms with E-state index in [1.165, 1.54) is 7.11 Å². The number of rotatable bonds is 3. The van der Waals surface area contributed by atoms with Gasteiger partial charge in [-0.3, -0.25) is 0 Å². The summed E-state index contributed by atoms with van der Waals surface area (Å²) in [5.74, 6) is 0. The van der Waals surface area contributed by atoms with Crippen molar-refractivity contribution in [3.63, 3.8) is 0 Å². The van der Waals surface area contributed by atoms with Crippen LogP contribution in [0.1, 0.15) is 0 Å². The highest BCUT2D eigenvalue weighted by atomic mass is 32.2. The second-order valence-corrected chi connectivity index (χ2v) is 4.81. The summed E-state index contributed by atoms with van der Waals surface area (Å²) in [4.78, 5) is 0. The number of hydrogen-bond donors (Lipinski definition) is 2. The smallest absolute Gasteiger partial charge is 0.378 e. The maximum atomic E-state index is 12.0. The molecule has 0 aliphatic carbocycles. The van der Waals surface area contributed by atoms with Gasteiger partial charge in [0.2, 0.25) is 0 Å². The first kappa shape index (κ1) is 12.7. The SMILES string of the molecule is CO[C@H]1CNCC1NS(=O)(=O)C(F)(F)F. The fourth-order valence-corrected chi connectivity index (χ4v) is 2.05. The summed E-state index contributed by atoms with van der Waals surface area (Å²) in [6, 6.07) is -0.887. The number of alkyl halides is 3. The Morgan fingerprint density at radius 1 is 1.40 bits per heavy atom. The molecular weight excluding hydrogens is 237 g/mol. The van der Waals surface area contributed by atoms with Crippen molar-refractivity contribution in [2.24, 2.45) is 0 Å². The molecule has 1 rings (SSSR count). The van der Waals surface area contributed by atoms with Gasteiger partial charge in [-0.2, -0.15) is 13.2 Å². The van der Waals surface area contributed by atoms with Gasteiger partial charge in [0.15, 0.2) is 0 Å². The lowest BCUT2D eigenvalue weighted by Crippen LogP contribution is -2.48. The minimum Gasteiger partial charge on any atom is -0.378 e. The monoisotopic (exact) mass is 248 g/mol. The van der Waals surface area contributed by atoms with Crippen LogP contribution in [0.5, 0.6) is 0 Å². The lowest BCUT2D eigenvalue weighted by atomic mass is 10.2. The van der Waals surface area contributed by atoms with Gasteiger partial charge in [-0.1, -0.05) is 0 Å². The first-order valence-electron chi connectivity index (χ1n) is 4.10. The van der Waals surface area contributed by atoms with Crippen LogP contribution in [-0.2, 0) is 14.8 Å². The number of halogens is 3. The fraction of sp³-hybridized carbons (Fsp3) is 1.00. The molecule has 1 fully saturated rings. The van der Waals surface area contributed by atoms with Gasteiger partial charge in [-0.05, 0) is 0 Å². The predicted molar refractivity (Wildman–Crippen MR) is 45.6 cm³/mol. The number of sulfonamides is 1. The molecular formula is C6H11F3N2O3S. The van der Waals surface area contributed by atoms with Crippen molar-refractivity contribution in [3.05, 3.63) is 0 Å². The van der Waals surface area contributed by atoms with Gasteiger partial charge in [0.25, 0.3) is 0 Å². The summed E-state index contributed by atoms with van der Waals surface area (Å²) in [5, 5.41) is 2.73. The summed E-state index contributed by atoms with van der Waals surface area (Å²) in [6.07, 6.45) is -0.581. The van der Waals surface area contributed by atoms with Crippen LogP contribution in [-0.4, -0.2) is 46.3 Å². The van der Waals surface area contributed by atoms with Crippen LogP contribution in [0.3, 0.4) is 0 Å². The van der Waals surface area contributed by atoms with Gasteiger partial charge in [0.05, 0.1) is 12.1 Å². The first-order chi connectivity index (χ1) is 6.78. The van der Waals surface area contributed by atoms with Crippen molar-refractivity contribution in [1.29, 1.82) is 0 Å². The molecule has 0 radical (unpaired) electrons. The van der Waals surface area contributed by atoms with E-state index in [1.807, 2.05) is 0 Å². The Morgan fingerprint density at radius 2 is 2.00 bits per heavy atom. The number of hydrogen-bond acceptors (Lipinski definition) is 4. The zero-order valence-electron chi connectivity index (χ0n) is 7.84. The summed E-state index contributed by atoms with van der Waals surface area (Å²) < 4.78 is 63.9. The maximum Gasteiger partial charge on any atom is 0.511 e. The summed E-state index contributed by atoms with van der Waals surface area (Å²) in [7, 11) is -3.98. The third kappa shape index (κ3) is 2.80. The van der Waals surface area contributed by atoms with E-state index in [0.717, 1.165) is 0 Å². The Morgan fingerprint density at radius 3 is 2.47 bits per heavy atom. The average Bonchev–Trinajstić information content (AvgIpc) is 2.48. The van der Waals surface area contributed by atoms with Crippen molar-refractivity contribution >= 4 is 10.0 Å². The molecule has 0 saturated carbocycles. The Balaban J connectivity index is 2.70. The maximum absolute atomic E-state index is 12.0. The predicted octanol–water partition coefficient (Wildman–Crippen LogP) is -0.588. The van der Waals surface area contributed by atoms with Crippen molar-refractivity contribution in [1.82, 2.24) is 10.0 Å². The van der Waals surface area contributed by atoms with Crippen LogP contribution < -0.4 is 10.0 Å². The molecule has 0 amide bonds. The Kier molecular flexibility index (Phi) is 3.59. The first-order valence-corrected chi connectivity index (χ1v) is 5.58. The zero-order valence-corrected chi connectivity index (χ0v) is 8.65. The molecule has 1 unspecified atom stereocenters. The summed E-state index contributed by atoms with van der Waals surface area (Å²) in [6.45, 7) is 0.440. The van der Waals surface area contributed by atoms with Crippen molar-refractivity contribution in [3.8, 4) is 0 Å². The molecule has 5 nitrogen and oxygen atoms in total. The van der Waals surface area contributed by atoms with Gasteiger partial charge in [-0.25, -0.2) is 13.1 Å². The number of ether oxygens (including phenoxy) is 1. The third-order valence-corrected chi connectivity index (χ3v) is 3.30. The highest BCUT2D eigenvalue weighted by molar-refractivity contribution is 7.90. The van der Waals surface area contributed by atoms with Gasteiger partial charge in [0.1, 0.15) is 0 Å². The summed E-state index contributed by atoms with van der Waals surface area (Å²) >= 11 is 0. The highest BCUT2D eigenvalue weighted by Gasteiger charge is 2.48. The molecule has 2 atom stereocenters. The molecule has 0 spiro atoms. The molecule has 0 bridgehead atoms. The van der Waals surface area contributed by atoms with Crippen molar-refractivity contribution in [2.45, 2.75) is 17.7 Å². The van der Waals surface area contributed by atoms with E-state index >= 15 is 0 Å². The zero-order chi connectivity index (χ0) is 11.7. The number of methoxy groups -OCH3 is 1. The number of nitrogens with one attached hydrogen (secondary N) is 2. The largest absolute Gasteiger partial charge is 0.511 e. The molecule has 15 heavy (non-hydrogen) atoms. The Bertz CT molecular complexity index is 316. The van der Waals surface area contributed by atoms with Crippen LogP contribution in [0.25, 0.3) is 0 Å². The van der Waals surface area contributed by atoms with E-state index in [4.69, 9.17) is 4.74 Å². The summed E-state index contributed by atoms with van der Waals surface area (Å²) in [5.41, 5.74) is -5.28. The van der Waals surface area contributed by atoms with Gasteiger partial charge >= 0.3 is 15.5 Å². The molecule has 1 heterocycles. The van der Waals surface area contributed by atoms with Gasteiger partial charge < -0.3 is 10.1 Å². The van der Waals surface area contributed by atoms with Crippen LogP contribution in [0.15, 0.2) is 0 Å². The van der Waals surface area contributed by atoms with E-state index in [1.54, 1.807) is 4.72 Å². The standard InChI is InChI=1S/C6H11F3N2O3S/c1-14-5-3-10-2-4(5)11-15(12,13)6(7,8)9/h4-5,10-11H,2-3H2,1H3/t4?,5-/m0/s1. The van der Waals surface area contributed by atoms with E-state index in [2.05, 4.69) is 5.32 Å². The molecule has 0 aromatic heterocycles. The molecule has 0 aromatic rings. The minimum atomic E-state index is -5.29. The molecule has 90 valence electrons. The van der Waals surface area contributed by atoms with Crippen LogP contribution in [0, 0.1) is 0 Å². The normalized spacial score (nSPS) is 28.3. The Labute approximate surface area is 85.0 Å². The van der Waals surface area contributed by atoms with E-state index in [0.29, 0.717) is 6.54 Å². The molecule has 9 heteroatoms. The minimum absolute atomic E-state index is 0.119. The second kappa shape index (κ2) is 4.24. The Hall–Kier alpha value is -0.380. The lowest BCUT2D eigenvalue weighted by molar-refractivity contribution is -0.0455. The molecule has 1 aliphatic heterocycles. The molecule has 2 N–H and O–H groups in total. The molecule has 1 saturated heterocycles. The third-order valence-electron chi connectivity index (χ3n) is 2.07. The van der Waals surface area contributed by atoms with E-state index in [-0.39, 0.29) is 6.54 Å². The quantitative estimate of drug-likeness (QED) is 0.700. The van der Waals surface area contributed by atoms with Crippen molar-refractivity contribution < 1.29 is 26.3 Å². The van der Waals surface area contributed by atoms with Crippen LogP contribution in [0.2, 0.25) is 0 Å². The second-order valence-electron chi connectivity index (χ2n) is 3.11. The van der Waals surface area contributed by atoms with Crippen molar-refractivity contribution in [2.75, 3.05) is 20.2 Å². The fourth-order valence-electron chi connectivity index (χ4n) is 1.29. The van der Waals surface area contributed by atoms with Crippen LogP contribution >= 0.6 is 0 Å². The lowest BCUT2D eigenvalue weighted by Gasteiger charge is -2.19. The molecule has 0 aromatic carbocycles. The highest BCUT2D eigenvalue weighted by Crippen LogP contribution is 2.22. The van der Waals surface area contributed by atoms with Crippen LogP contribution in [0.4, 0.5) is 13.2 Å². The topological polar surface area (TPSA) is 67.4 Å². The van der Waals surface area contributed by atoms with Gasteiger partial charge in [0, 0.05) is 20.2 Å².